The molecule has 122 valence electrons. The van der Waals surface area contributed by atoms with Gasteiger partial charge in [-0.05, 0) is 18.2 Å². The van der Waals surface area contributed by atoms with Crippen molar-refractivity contribution in [3.8, 4) is 22.8 Å². The molecule has 1 saturated heterocycles. The average Bonchev–Trinajstić information content (AvgIpc) is 3.21. The molecule has 0 unspecified atom stereocenters. The number of methoxy groups -OCH3 is 2. The largest absolute Gasteiger partial charge is 0.493 e. The number of amides is 1. The van der Waals surface area contributed by atoms with Crippen molar-refractivity contribution in [2.45, 2.75) is 6.42 Å². The SMILES string of the molecule is COc1ccc(-c2csc(CCN3CCOC3=O)n2)cc1OC. The minimum Gasteiger partial charge on any atom is -0.493 e. The van der Waals surface area contributed by atoms with E-state index in [0.717, 1.165) is 22.7 Å². The third-order valence-electron chi connectivity index (χ3n) is 3.67. The molecule has 1 aromatic heterocycles. The minimum absolute atomic E-state index is 0.235. The molecule has 0 N–H and O–H groups in total. The van der Waals surface area contributed by atoms with E-state index in [9.17, 15) is 4.79 Å². The zero-order valence-corrected chi connectivity index (χ0v) is 13.9. The van der Waals surface area contributed by atoms with Crippen LogP contribution in [0.2, 0.25) is 0 Å². The number of cyclic esters (lactones) is 1. The van der Waals surface area contributed by atoms with Gasteiger partial charge in [-0.1, -0.05) is 0 Å². The fraction of sp³-hybridized carbons (Fsp3) is 0.375. The highest BCUT2D eigenvalue weighted by Gasteiger charge is 2.21. The summed E-state index contributed by atoms with van der Waals surface area (Å²) in [7, 11) is 3.23. The second-order valence-corrected chi connectivity index (χ2v) is 5.99. The van der Waals surface area contributed by atoms with Gasteiger partial charge in [-0.15, -0.1) is 11.3 Å². The maximum atomic E-state index is 11.4. The number of carbonyl (C=O) groups excluding carboxylic acids is 1. The number of aromatic nitrogens is 1. The van der Waals surface area contributed by atoms with Crippen LogP contribution < -0.4 is 9.47 Å². The Hall–Kier alpha value is -2.28. The third-order valence-corrected chi connectivity index (χ3v) is 4.58. The van der Waals surface area contributed by atoms with E-state index in [-0.39, 0.29) is 6.09 Å². The quantitative estimate of drug-likeness (QED) is 0.813. The Balaban J connectivity index is 1.70. The number of carbonyl (C=O) groups is 1. The lowest BCUT2D eigenvalue weighted by atomic mass is 10.1. The van der Waals surface area contributed by atoms with Gasteiger partial charge < -0.3 is 19.1 Å². The zero-order valence-electron chi connectivity index (χ0n) is 13.1. The molecule has 1 fully saturated rings. The normalized spacial score (nSPS) is 14.0. The molecule has 1 aliphatic rings. The molecule has 0 radical (unpaired) electrons. The molecular weight excluding hydrogens is 316 g/mol. The molecule has 0 saturated carbocycles. The molecule has 7 heteroatoms. The molecule has 0 aliphatic carbocycles. The summed E-state index contributed by atoms with van der Waals surface area (Å²) in [6.45, 7) is 1.78. The van der Waals surface area contributed by atoms with Crippen LogP contribution in [0.5, 0.6) is 11.5 Å². The van der Waals surface area contributed by atoms with Crippen molar-refractivity contribution >= 4 is 17.4 Å². The first-order valence-corrected chi connectivity index (χ1v) is 8.17. The fourth-order valence-electron chi connectivity index (χ4n) is 2.41. The Bertz CT molecular complexity index is 701. The molecule has 6 nitrogen and oxygen atoms in total. The summed E-state index contributed by atoms with van der Waals surface area (Å²) in [5.41, 5.74) is 1.88. The van der Waals surface area contributed by atoms with Gasteiger partial charge in [0.1, 0.15) is 6.61 Å². The van der Waals surface area contributed by atoms with Crippen LogP contribution in [0.4, 0.5) is 4.79 Å². The van der Waals surface area contributed by atoms with Crippen molar-refractivity contribution in [2.24, 2.45) is 0 Å². The first-order valence-electron chi connectivity index (χ1n) is 7.30. The molecular formula is C16H18N2O4S. The molecule has 2 heterocycles. The van der Waals surface area contributed by atoms with Crippen LogP contribution in [0.15, 0.2) is 23.6 Å². The van der Waals surface area contributed by atoms with E-state index in [1.54, 1.807) is 30.5 Å². The van der Waals surface area contributed by atoms with Crippen LogP contribution >= 0.6 is 11.3 Å². The van der Waals surface area contributed by atoms with E-state index >= 15 is 0 Å². The Morgan fingerprint density at radius 2 is 2.13 bits per heavy atom. The van der Waals surface area contributed by atoms with Gasteiger partial charge in [0.05, 0.1) is 31.5 Å². The predicted octanol–water partition coefficient (Wildman–Crippen LogP) is 2.82. The highest BCUT2D eigenvalue weighted by Crippen LogP contribution is 2.32. The average molecular weight is 334 g/mol. The van der Waals surface area contributed by atoms with Crippen molar-refractivity contribution in [3.63, 3.8) is 0 Å². The highest BCUT2D eigenvalue weighted by atomic mass is 32.1. The van der Waals surface area contributed by atoms with Crippen molar-refractivity contribution < 1.29 is 19.0 Å². The Morgan fingerprint density at radius 3 is 2.83 bits per heavy atom. The fourth-order valence-corrected chi connectivity index (χ4v) is 3.21. The van der Waals surface area contributed by atoms with Crippen LogP contribution in [-0.2, 0) is 11.2 Å². The third kappa shape index (κ3) is 3.39. The van der Waals surface area contributed by atoms with Gasteiger partial charge in [-0.25, -0.2) is 9.78 Å². The molecule has 1 amide bonds. The number of benzene rings is 1. The maximum absolute atomic E-state index is 11.4. The molecule has 0 atom stereocenters. The van der Waals surface area contributed by atoms with Crippen LogP contribution in [0, 0.1) is 0 Å². The minimum atomic E-state index is -0.235. The van der Waals surface area contributed by atoms with E-state index in [0.29, 0.717) is 31.2 Å². The standard InChI is InChI=1S/C16H18N2O4S/c1-20-13-4-3-11(9-14(13)21-2)12-10-23-15(17-12)5-6-18-7-8-22-16(18)19/h3-4,9-10H,5-8H2,1-2H3. The Kier molecular flexibility index (Phi) is 4.66. The van der Waals surface area contributed by atoms with Gasteiger partial charge in [-0.3, -0.25) is 0 Å². The lowest BCUT2D eigenvalue weighted by molar-refractivity contribution is 0.159. The number of rotatable bonds is 6. The summed E-state index contributed by atoms with van der Waals surface area (Å²) in [5.74, 6) is 1.37. The van der Waals surface area contributed by atoms with Gasteiger partial charge in [0.2, 0.25) is 0 Å². The smallest absolute Gasteiger partial charge is 0.409 e. The predicted molar refractivity (Wildman–Crippen MR) is 87.3 cm³/mol. The number of hydrogen-bond donors (Lipinski definition) is 0. The molecule has 3 rings (SSSR count). The highest BCUT2D eigenvalue weighted by molar-refractivity contribution is 7.09. The van der Waals surface area contributed by atoms with Gasteiger partial charge in [0.25, 0.3) is 0 Å². The summed E-state index contributed by atoms with van der Waals surface area (Å²) < 4.78 is 15.5. The van der Waals surface area contributed by atoms with Gasteiger partial charge >= 0.3 is 6.09 Å². The van der Waals surface area contributed by atoms with Crippen molar-refractivity contribution in [2.75, 3.05) is 33.9 Å². The lowest BCUT2D eigenvalue weighted by Crippen LogP contribution is -2.26. The van der Waals surface area contributed by atoms with Crippen LogP contribution in [0.1, 0.15) is 5.01 Å². The zero-order chi connectivity index (χ0) is 16.2. The summed E-state index contributed by atoms with van der Waals surface area (Å²) >= 11 is 1.59. The van der Waals surface area contributed by atoms with E-state index in [1.807, 2.05) is 23.6 Å². The topological polar surface area (TPSA) is 60.9 Å². The van der Waals surface area contributed by atoms with Gasteiger partial charge in [0.15, 0.2) is 11.5 Å². The number of ether oxygens (including phenoxy) is 3. The molecule has 1 aromatic carbocycles. The van der Waals surface area contributed by atoms with Crippen molar-refractivity contribution in [1.29, 1.82) is 0 Å². The molecule has 1 aliphatic heterocycles. The van der Waals surface area contributed by atoms with E-state index in [4.69, 9.17) is 14.2 Å². The molecule has 0 spiro atoms. The van der Waals surface area contributed by atoms with Gasteiger partial charge in [0, 0.05) is 23.9 Å². The molecule has 23 heavy (non-hydrogen) atoms. The van der Waals surface area contributed by atoms with Crippen LogP contribution in [-0.4, -0.2) is 49.9 Å². The lowest BCUT2D eigenvalue weighted by Gasteiger charge is -2.10. The van der Waals surface area contributed by atoms with Crippen LogP contribution in [0.25, 0.3) is 11.3 Å². The second kappa shape index (κ2) is 6.87. The Morgan fingerprint density at radius 1 is 1.30 bits per heavy atom. The van der Waals surface area contributed by atoms with E-state index in [2.05, 4.69) is 4.98 Å². The number of nitrogens with zero attached hydrogens (tertiary/aromatic N) is 2. The van der Waals surface area contributed by atoms with Crippen molar-refractivity contribution in [3.05, 3.63) is 28.6 Å². The number of hydrogen-bond acceptors (Lipinski definition) is 6. The van der Waals surface area contributed by atoms with E-state index in [1.165, 1.54) is 0 Å². The van der Waals surface area contributed by atoms with Crippen LogP contribution in [0.3, 0.4) is 0 Å². The number of thiazole rings is 1. The van der Waals surface area contributed by atoms with Crippen molar-refractivity contribution in [1.82, 2.24) is 9.88 Å². The summed E-state index contributed by atoms with van der Waals surface area (Å²) in [4.78, 5) is 17.8. The summed E-state index contributed by atoms with van der Waals surface area (Å²) in [5, 5.41) is 3.01. The monoisotopic (exact) mass is 334 g/mol. The second-order valence-electron chi connectivity index (χ2n) is 5.05. The summed E-state index contributed by atoms with van der Waals surface area (Å²) in [6, 6.07) is 5.74. The van der Waals surface area contributed by atoms with E-state index < -0.39 is 0 Å². The maximum Gasteiger partial charge on any atom is 0.409 e. The first-order chi connectivity index (χ1) is 11.2. The summed E-state index contributed by atoms with van der Waals surface area (Å²) in [6.07, 6.45) is 0.495. The van der Waals surface area contributed by atoms with Gasteiger partial charge in [-0.2, -0.15) is 0 Å². The molecule has 2 aromatic rings. The Labute approximate surface area is 138 Å². The first kappa shape index (κ1) is 15.6. The molecule has 0 bridgehead atoms.